The molecule has 106 valence electrons. The maximum Gasteiger partial charge on any atom is 0.128 e. The quantitative estimate of drug-likeness (QED) is 0.776. The first-order valence-corrected chi connectivity index (χ1v) is 7.12. The van der Waals surface area contributed by atoms with E-state index in [-0.39, 0.29) is 5.82 Å². The molecule has 2 nitrogen and oxygen atoms in total. The number of benzene rings is 2. The number of nitrogens with zero attached hydrogens (tertiary/aromatic N) is 1. The Labute approximate surface area is 123 Å². The van der Waals surface area contributed by atoms with Gasteiger partial charge in [0.1, 0.15) is 5.82 Å². The minimum atomic E-state index is -0.179. The van der Waals surface area contributed by atoms with Gasteiger partial charge < -0.3 is 5.32 Å². The van der Waals surface area contributed by atoms with Crippen molar-refractivity contribution in [2.24, 2.45) is 0 Å². The van der Waals surface area contributed by atoms with E-state index >= 15 is 0 Å². The van der Waals surface area contributed by atoms with Crippen molar-refractivity contribution in [2.75, 3.05) is 6.54 Å². The maximum atomic E-state index is 14.1. The molecule has 1 N–H and O–H groups in total. The lowest BCUT2D eigenvalue weighted by Crippen LogP contribution is -2.12. The van der Waals surface area contributed by atoms with E-state index in [0.717, 1.165) is 28.6 Å². The first kappa shape index (κ1) is 13.7. The summed E-state index contributed by atoms with van der Waals surface area (Å²) >= 11 is 0. The lowest BCUT2D eigenvalue weighted by molar-refractivity contribution is 0.594. The van der Waals surface area contributed by atoms with Gasteiger partial charge in [0.2, 0.25) is 0 Å². The van der Waals surface area contributed by atoms with Gasteiger partial charge in [-0.1, -0.05) is 37.3 Å². The Morgan fingerprint density at radius 3 is 2.71 bits per heavy atom. The number of nitrogens with one attached hydrogen (secondary N) is 1. The number of pyridine rings is 1. The third-order valence-corrected chi connectivity index (χ3v) is 3.54. The standard InChI is InChI=1S/C18H17FN2/c1-2-20-11-15-8-7-13(10-17(15)19)16-9-14-5-3-4-6-18(14)21-12-16/h3-10,12,20H,2,11H2,1H3. The van der Waals surface area contributed by atoms with Crippen LogP contribution in [0.3, 0.4) is 0 Å². The number of hydrogen-bond acceptors (Lipinski definition) is 2. The Morgan fingerprint density at radius 1 is 1.05 bits per heavy atom. The highest BCUT2D eigenvalue weighted by Crippen LogP contribution is 2.24. The van der Waals surface area contributed by atoms with Crippen LogP contribution in [0.15, 0.2) is 54.7 Å². The molecule has 21 heavy (non-hydrogen) atoms. The fourth-order valence-electron chi connectivity index (χ4n) is 2.36. The molecule has 0 saturated heterocycles. The molecule has 1 aromatic heterocycles. The first-order chi connectivity index (χ1) is 10.3. The first-order valence-electron chi connectivity index (χ1n) is 7.12. The van der Waals surface area contributed by atoms with Crippen molar-refractivity contribution in [3.05, 3.63) is 66.1 Å². The van der Waals surface area contributed by atoms with Crippen molar-refractivity contribution in [2.45, 2.75) is 13.5 Å². The third kappa shape index (κ3) is 2.93. The lowest BCUT2D eigenvalue weighted by Gasteiger charge is -2.07. The van der Waals surface area contributed by atoms with Crippen molar-refractivity contribution in [1.29, 1.82) is 0 Å². The van der Waals surface area contributed by atoms with Crippen LogP contribution in [0.25, 0.3) is 22.0 Å². The normalized spacial score (nSPS) is 11.0. The van der Waals surface area contributed by atoms with E-state index in [1.54, 1.807) is 12.3 Å². The molecule has 0 aliphatic carbocycles. The molecule has 0 fully saturated rings. The number of para-hydroxylation sites is 1. The zero-order chi connectivity index (χ0) is 14.7. The number of rotatable bonds is 4. The summed E-state index contributed by atoms with van der Waals surface area (Å²) in [6.45, 7) is 3.39. The summed E-state index contributed by atoms with van der Waals surface area (Å²) in [7, 11) is 0. The van der Waals surface area contributed by atoms with Crippen LogP contribution in [-0.2, 0) is 6.54 Å². The van der Waals surface area contributed by atoms with Crippen LogP contribution in [0, 0.1) is 5.82 Å². The van der Waals surface area contributed by atoms with Crippen LogP contribution >= 0.6 is 0 Å². The van der Waals surface area contributed by atoms with Gasteiger partial charge in [-0.25, -0.2) is 4.39 Å². The zero-order valence-electron chi connectivity index (χ0n) is 11.9. The van der Waals surface area contributed by atoms with E-state index < -0.39 is 0 Å². The predicted molar refractivity (Wildman–Crippen MR) is 84.5 cm³/mol. The van der Waals surface area contributed by atoms with Gasteiger partial charge in [-0.15, -0.1) is 0 Å². The topological polar surface area (TPSA) is 24.9 Å². The Morgan fingerprint density at radius 2 is 1.90 bits per heavy atom. The second-order valence-electron chi connectivity index (χ2n) is 5.00. The van der Waals surface area contributed by atoms with Crippen molar-refractivity contribution in [3.63, 3.8) is 0 Å². The second kappa shape index (κ2) is 6.02. The molecule has 1 heterocycles. The molecule has 0 saturated carbocycles. The highest BCUT2D eigenvalue weighted by atomic mass is 19.1. The third-order valence-electron chi connectivity index (χ3n) is 3.54. The van der Waals surface area contributed by atoms with Crippen molar-refractivity contribution in [1.82, 2.24) is 10.3 Å². The number of halogens is 1. The largest absolute Gasteiger partial charge is 0.313 e. The lowest BCUT2D eigenvalue weighted by atomic mass is 10.0. The van der Waals surface area contributed by atoms with Crippen LogP contribution < -0.4 is 5.32 Å². The molecule has 0 bridgehead atoms. The van der Waals surface area contributed by atoms with Gasteiger partial charge in [0.15, 0.2) is 0 Å². The van der Waals surface area contributed by atoms with Gasteiger partial charge in [-0.2, -0.15) is 0 Å². The van der Waals surface area contributed by atoms with Gasteiger partial charge in [0, 0.05) is 29.3 Å². The summed E-state index contributed by atoms with van der Waals surface area (Å²) in [4.78, 5) is 4.42. The summed E-state index contributed by atoms with van der Waals surface area (Å²) < 4.78 is 14.1. The molecule has 0 unspecified atom stereocenters. The van der Waals surface area contributed by atoms with Crippen LogP contribution in [0.5, 0.6) is 0 Å². The second-order valence-corrected chi connectivity index (χ2v) is 5.00. The van der Waals surface area contributed by atoms with Crippen LogP contribution in [0.1, 0.15) is 12.5 Å². The number of aromatic nitrogens is 1. The Balaban J connectivity index is 1.96. The van der Waals surface area contributed by atoms with E-state index in [1.807, 2.05) is 49.4 Å². The van der Waals surface area contributed by atoms with E-state index in [2.05, 4.69) is 10.3 Å². The smallest absolute Gasteiger partial charge is 0.128 e. The van der Waals surface area contributed by atoms with Gasteiger partial charge in [0.25, 0.3) is 0 Å². The van der Waals surface area contributed by atoms with Gasteiger partial charge in [-0.3, -0.25) is 4.98 Å². The highest BCUT2D eigenvalue weighted by Gasteiger charge is 2.06. The molecule has 3 heteroatoms. The Kier molecular flexibility index (Phi) is 3.93. The molecular weight excluding hydrogens is 263 g/mol. The molecule has 0 aliphatic heterocycles. The molecule has 0 spiro atoms. The van der Waals surface area contributed by atoms with Crippen LogP contribution in [-0.4, -0.2) is 11.5 Å². The van der Waals surface area contributed by atoms with E-state index in [9.17, 15) is 4.39 Å². The summed E-state index contributed by atoms with van der Waals surface area (Å²) in [6.07, 6.45) is 1.79. The molecule has 0 amide bonds. The fraction of sp³-hybridized carbons (Fsp3) is 0.167. The van der Waals surface area contributed by atoms with Gasteiger partial charge >= 0.3 is 0 Å². The summed E-state index contributed by atoms with van der Waals surface area (Å²) in [6, 6.07) is 15.3. The average molecular weight is 280 g/mol. The van der Waals surface area contributed by atoms with Crippen molar-refractivity contribution in [3.8, 4) is 11.1 Å². The van der Waals surface area contributed by atoms with E-state index in [1.165, 1.54) is 0 Å². The minimum Gasteiger partial charge on any atom is -0.313 e. The predicted octanol–water partition coefficient (Wildman–Crippen LogP) is 4.15. The molecule has 0 aliphatic rings. The SMILES string of the molecule is CCNCc1ccc(-c2cnc3ccccc3c2)cc1F. The van der Waals surface area contributed by atoms with Crippen molar-refractivity contribution < 1.29 is 4.39 Å². The summed E-state index contributed by atoms with van der Waals surface area (Å²) in [5, 5.41) is 4.20. The molecule has 0 atom stereocenters. The maximum absolute atomic E-state index is 14.1. The van der Waals surface area contributed by atoms with Crippen LogP contribution in [0.4, 0.5) is 4.39 Å². The molecular formula is C18H17FN2. The van der Waals surface area contributed by atoms with Crippen molar-refractivity contribution >= 4 is 10.9 Å². The van der Waals surface area contributed by atoms with Crippen LogP contribution in [0.2, 0.25) is 0 Å². The van der Waals surface area contributed by atoms with E-state index in [0.29, 0.717) is 12.1 Å². The fourth-order valence-corrected chi connectivity index (χ4v) is 2.36. The molecule has 0 radical (unpaired) electrons. The zero-order valence-corrected chi connectivity index (χ0v) is 11.9. The van der Waals surface area contributed by atoms with Gasteiger partial charge in [-0.05, 0) is 30.3 Å². The highest BCUT2D eigenvalue weighted by molar-refractivity contribution is 5.83. The summed E-state index contributed by atoms with van der Waals surface area (Å²) in [5.41, 5.74) is 3.42. The van der Waals surface area contributed by atoms with Gasteiger partial charge in [0.05, 0.1) is 5.52 Å². The minimum absolute atomic E-state index is 0.179. The Bertz CT molecular complexity index is 768. The average Bonchev–Trinajstić information content (AvgIpc) is 2.53. The monoisotopic (exact) mass is 280 g/mol. The molecule has 3 aromatic rings. The summed E-state index contributed by atoms with van der Waals surface area (Å²) in [5.74, 6) is -0.179. The molecule has 2 aromatic carbocycles. The number of hydrogen-bond donors (Lipinski definition) is 1. The Hall–Kier alpha value is -2.26. The van der Waals surface area contributed by atoms with E-state index in [4.69, 9.17) is 0 Å². The molecule has 3 rings (SSSR count). The number of fused-ring (bicyclic) bond motifs is 1.